The fourth-order valence-corrected chi connectivity index (χ4v) is 3.42. The van der Waals surface area contributed by atoms with Gasteiger partial charge in [0.15, 0.2) is 5.60 Å². The van der Waals surface area contributed by atoms with Gasteiger partial charge < -0.3 is 14.7 Å². The number of fused-ring (bicyclic) bond motifs is 1. The lowest BCUT2D eigenvalue weighted by Gasteiger charge is -2.47. The van der Waals surface area contributed by atoms with Crippen LogP contribution in [0.2, 0.25) is 0 Å². The summed E-state index contributed by atoms with van der Waals surface area (Å²) >= 11 is 0. The van der Waals surface area contributed by atoms with Gasteiger partial charge in [-0.15, -0.1) is 0 Å². The van der Waals surface area contributed by atoms with Crippen LogP contribution in [0.5, 0.6) is 5.75 Å². The number of nitro benzene ring substituents is 1. The molecule has 0 bridgehead atoms. The zero-order chi connectivity index (χ0) is 18.2. The number of benzene rings is 1. The fraction of sp³-hybridized carbons (Fsp3) is 0.562. The third-order valence-electron chi connectivity index (χ3n) is 4.82. The van der Waals surface area contributed by atoms with Gasteiger partial charge in [-0.3, -0.25) is 14.9 Å². The minimum absolute atomic E-state index is 0.0366. The maximum atomic E-state index is 13.6. The lowest BCUT2D eigenvalue weighted by molar-refractivity contribution is -0.385. The molecule has 136 valence electrons. The lowest BCUT2D eigenvalue weighted by atomic mass is 9.83. The molecule has 0 aromatic heterocycles. The van der Waals surface area contributed by atoms with Crippen molar-refractivity contribution in [2.45, 2.75) is 37.0 Å². The highest BCUT2D eigenvalue weighted by Crippen LogP contribution is 2.45. The highest BCUT2D eigenvalue weighted by molar-refractivity contribution is 5.78. The second kappa shape index (κ2) is 6.55. The van der Waals surface area contributed by atoms with E-state index in [1.165, 1.54) is 17.0 Å². The first-order valence-corrected chi connectivity index (χ1v) is 8.00. The normalized spacial score (nSPS) is 25.2. The third-order valence-corrected chi connectivity index (χ3v) is 4.82. The van der Waals surface area contributed by atoms with Crippen LogP contribution in [-0.4, -0.2) is 52.4 Å². The van der Waals surface area contributed by atoms with Crippen molar-refractivity contribution in [1.29, 1.82) is 0 Å². The van der Waals surface area contributed by atoms with E-state index >= 15 is 0 Å². The van der Waals surface area contributed by atoms with Gasteiger partial charge in [0.25, 0.3) is 5.69 Å². The Morgan fingerprint density at radius 3 is 2.68 bits per heavy atom. The predicted octanol–water partition coefficient (Wildman–Crippen LogP) is 2.08. The number of likely N-dealkylation sites (tertiary alicyclic amines) is 1. The molecule has 1 fully saturated rings. The van der Waals surface area contributed by atoms with Crippen LogP contribution in [0.4, 0.5) is 14.5 Å². The van der Waals surface area contributed by atoms with E-state index in [1.807, 2.05) is 0 Å². The van der Waals surface area contributed by atoms with Gasteiger partial charge >= 0.3 is 0 Å². The van der Waals surface area contributed by atoms with Gasteiger partial charge in [-0.2, -0.15) is 0 Å². The van der Waals surface area contributed by atoms with Crippen LogP contribution in [0, 0.1) is 10.1 Å². The molecule has 1 N–H and O–H groups in total. The van der Waals surface area contributed by atoms with Crippen LogP contribution in [0.1, 0.15) is 30.9 Å². The average Bonchev–Trinajstić information content (AvgIpc) is 2.62. The molecule has 0 aliphatic carbocycles. The lowest BCUT2D eigenvalue weighted by Crippen LogP contribution is -2.61. The summed E-state index contributed by atoms with van der Waals surface area (Å²) in [5.41, 5.74) is -2.20. The van der Waals surface area contributed by atoms with Crippen molar-refractivity contribution < 1.29 is 28.3 Å². The van der Waals surface area contributed by atoms with E-state index in [2.05, 4.69) is 0 Å². The van der Waals surface area contributed by atoms with Crippen molar-refractivity contribution in [3.05, 3.63) is 33.9 Å². The maximum absolute atomic E-state index is 13.6. The minimum atomic E-state index is -2.13. The monoisotopic (exact) mass is 356 g/mol. The van der Waals surface area contributed by atoms with E-state index in [4.69, 9.17) is 4.74 Å². The summed E-state index contributed by atoms with van der Waals surface area (Å²) in [5, 5.41) is 21.7. The molecule has 3 rings (SSSR count). The van der Waals surface area contributed by atoms with E-state index < -0.39 is 36.0 Å². The van der Waals surface area contributed by atoms with Gasteiger partial charge in [-0.1, -0.05) is 0 Å². The molecule has 1 aromatic carbocycles. The molecule has 7 nitrogen and oxygen atoms in total. The second-order valence-electron chi connectivity index (χ2n) is 6.35. The molecular formula is C16H18F2N2O5. The van der Waals surface area contributed by atoms with Gasteiger partial charge in [0, 0.05) is 30.7 Å². The Kier molecular flexibility index (Phi) is 4.59. The topological polar surface area (TPSA) is 92.9 Å². The maximum Gasteiger partial charge on any atom is 0.270 e. The molecule has 2 atom stereocenters. The molecule has 9 heteroatoms. The van der Waals surface area contributed by atoms with Gasteiger partial charge in [-0.05, 0) is 18.9 Å². The number of halogens is 2. The number of non-ortho nitro benzene ring substituents is 1. The van der Waals surface area contributed by atoms with Crippen LogP contribution in [0.25, 0.3) is 0 Å². The van der Waals surface area contributed by atoms with E-state index in [0.717, 1.165) is 6.07 Å². The summed E-state index contributed by atoms with van der Waals surface area (Å²) in [6, 6.07) is 2.50. The minimum Gasteiger partial charge on any atom is -0.479 e. The standard InChI is InChI=1S/C16H18F2N2O5/c17-8-16(9-18)15(22)14(19-6-2-1-3-13(19)21)11-7-10(20(23)24)4-5-12(11)25-16/h4-5,7,14-15,22H,1-3,6,8-9H2/t14-,15+/m0/s1. The summed E-state index contributed by atoms with van der Waals surface area (Å²) in [7, 11) is 0. The number of hydrogen-bond acceptors (Lipinski definition) is 5. The number of amides is 1. The number of aliphatic hydroxyl groups is 1. The van der Waals surface area contributed by atoms with E-state index in [0.29, 0.717) is 19.4 Å². The largest absolute Gasteiger partial charge is 0.479 e. The average molecular weight is 356 g/mol. The van der Waals surface area contributed by atoms with Gasteiger partial charge in [0.2, 0.25) is 5.91 Å². The summed E-state index contributed by atoms with van der Waals surface area (Å²) < 4.78 is 32.5. The number of carbonyl (C=O) groups excluding carboxylic acids is 1. The smallest absolute Gasteiger partial charge is 0.270 e. The highest BCUT2D eigenvalue weighted by Gasteiger charge is 2.53. The Morgan fingerprint density at radius 1 is 1.36 bits per heavy atom. The van der Waals surface area contributed by atoms with Crippen molar-refractivity contribution >= 4 is 11.6 Å². The number of alkyl halides is 2. The number of rotatable bonds is 4. The second-order valence-corrected chi connectivity index (χ2v) is 6.35. The van der Waals surface area contributed by atoms with Crippen LogP contribution < -0.4 is 4.74 Å². The van der Waals surface area contributed by atoms with Gasteiger partial charge in [0.1, 0.15) is 25.2 Å². The first kappa shape index (κ1) is 17.5. The SMILES string of the molecule is O=C1CCCCN1[C@H]1c2cc([N+](=O)[O-])ccc2OC(CF)(CF)[C@@H]1O. The molecule has 0 radical (unpaired) electrons. The number of carbonyl (C=O) groups is 1. The van der Waals surface area contributed by atoms with Crippen molar-refractivity contribution in [3.63, 3.8) is 0 Å². The first-order valence-electron chi connectivity index (χ1n) is 8.00. The molecule has 0 unspecified atom stereocenters. The quantitative estimate of drug-likeness (QED) is 0.659. The molecule has 1 saturated heterocycles. The summed E-state index contributed by atoms with van der Waals surface area (Å²) in [4.78, 5) is 24.1. The highest BCUT2D eigenvalue weighted by atomic mass is 19.1. The van der Waals surface area contributed by atoms with Crippen LogP contribution in [0.15, 0.2) is 18.2 Å². The number of hydrogen-bond donors (Lipinski definition) is 1. The summed E-state index contributed by atoms with van der Waals surface area (Å²) in [6.07, 6.45) is -0.0577. The predicted molar refractivity (Wildman–Crippen MR) is 82.7 cm³/mol. The van der Waals surface area contributed by atoms with Gasteiger partial charge in [-0.25, -0.2) is 8.78 Å². The Hall–Kier alpha value is -2.29. The summed E-state index contributed by atoms with van der Waals surface area (Å²) in [6.45, 7) is -2.28. The van der Waals surface area contributed by atoms with Crippen molar-refractivity contribution in [2.24, 2.45) is 0 Å². The number of piperidine rings is 1. The van der Waals surface area contributed by atoms with Gasteiger partial charge in [0.05, 0.1) is 11.0 Å². The Bertz CT molecular complexity index is 695. The number of nitro groups is 1. The van der Waals surface area contributed by atoms with E-state index in [1.54, 1.807) is 0 Å². The van der Waals surface area contributed by atoms with E-state index in [-0.39, 0.29) is 29.3 Å². The van der Waals surface area contributed by atoms with Crippen molar-refractivity contribution in [3.8, 4) is 5.75 Å². The van der Waals surface area contributed by atoms with Crippen LogP contribution >= 0.6 is 0 Å². The number of aliphatic hydroxyl groups excluding tert-OH is 1. The zero-order valence-electron chi connectivity index (χ0n) is 13.4. The van der Waals surface area contributed by atoms with Crippen LogP contribution in [-0.2, 0) is 4.79 Å². The molecular weight excluding hydrogens is 338 g/mol. The zero-order valence-corrected chi connectivity index (χ0v) is 13.4. The molecule has 1 aromatic rings. The Labute approximate surface area is 142 Å². The van der Waals surface area contributed by atoms with Crippen molar-refractivity contribution in [2.75, 3.05) is 19.9 Å². The Balaban J connectivity index is 2.13. The molecule has 2 aliphatic rings. The molecule has 1 amide bonds. The van der Waals surface area contributed by atoms with Crippen molar-refractivity contribution in [1.82, 2.24) is 4.90 Å². The molecule has 0 saturated carbocycles. The number of ether oxygens (including phenoxy) is 1. The fourth-order valence-electron chi connectivity index (χ4n) is 3.42. The number of nitrogens with zero attached hydrogens (tertiary/aromatic N) is 2. The molecule has 0 spiro atoms. The molecule has 25 heavy (non-hydrogen) atoms. The third kappa shape index (κ3) is 2.82. The molecule has 2 aliphatic heterocycles. The van der Waals surface area contributed by atoms with Crippen LogP contribution in [0.3, 0.4) is 0 Å². The molecule has 2 heterocycles. The summed E-state index contributed by atoms with van der Waals surface area (Å²) in [5.74, 6) is -0.226. The van der Waals surface area contributed by atoms with E-state index in [9.17, 15) is 28.8 Å². The Morgan fingerprint density at radius 2 is 2.08 bits per heavy atom. The first-order chi connectivity index (χ1) is 11.9.